The molecule has 1 amide bonds. The molecule has 1 aliphatic heterocycles. The lowest BCUT2D eigenvalue weighted by Crippen LogP contribution is -2.47. The maximum Gasteiger partial charge on any atom is 0.272 e. The quantitative estimate of drug-likeness (QED) is 0.717. The Hall–Kier alpha value is -2.86. The van der Waals surface area contributed by atoms with Gasteiger partial charge in [0.15, 0.2) is 11.5 Å². The van der Waals surface area contributed by atoms with Crippen LogP contribution in [0.2, 0.25) is 5.02 Å². The van der Waals surface area contributed by atoms with Crippen molar-refractivity contribution in [2.45, 2.75) is 18.9 Å². The maximum atomic E-state index is 12.6. The molecule has 0 atom stereocenters. The predicted molar refractivity (Wildman–Crippen MR) is 116 cm³/mol. The third kappa shape index (κ3) is 3.60. The number of carbonyl (C=O) groups is 1. The van der Waals surface area contributed by atoms with Gasteiger partial charge in [0, 0.05) is 43.0 Å². The summed E-state index contributed by atoms with van der Waals surface area (Å²) in [6, 6.07) is 16.1. The number of halogens is 1. The summed E-state index contributed by atoms with van der Waals surface area (Å²) in [5.41, 5.74) is 1.47. The molecular formula is C22H22ClN5O. The van der Waals surface area contributed by atoms with Gasteiger partial charge in [-0.05, 0) is 25.0 Å². The van der Waals surface area contributed by atoms with Gasteiger partial charge in [0.25, 0.3) is 5.91 Å². The number of benzene rings is 2. The van der Waals surface area contributed by atoms with Crippen LogP contribution in [-0.2, 0) is 0 Å². The van der Waals surface area contributed by atoms with Crippen molar-refractivity contribution in [2.75, 3.05) is 36.0 Å². The highest BCUT2D eigenvalue weighted by molar-refractivity contribution is 6.33. The Morgan fingerprint density at radius 3 is 2.28 bits per heavy atom. The summed E-state index contributed by atoms with van der Waals surface area (Å²) in [5.74, 6) is 0.702. The first kappa shape index (κ1) is 18.2. The number of carbonyl (C=O) groups excluding carboxylic acids is 1. The van der Waals surface area contributed by atoms with Crippen molar-refractivity contribution in [1.29, 1.82) is 0 Å². The first-order valence-electron chi connectivity index (χ1n) is 10.0. The Kier molecular flexibility index (Phi) is 4.72. The number of para-hydroxylation sites is 1. The third-order valence-corrected chi connectivity index (χ3v) is 5.89. The van der Waals surface area contributed by atoms with Crippen LogP contribution in [-0.4, -0.2) is 48.3 Å². The molecule has 1 aliphatic carbocycles. The van der Waals surface area contributed by atoms with Gasteiger partial charge >= 0.3 is 0 Å². The van der Waals surface area contributed by atoms with Gasteiger partial charge in [0.2, 0.25) is 0 Å². The zero-order chi connectivity index (χ0) is 19.8. The summed E-state index contributed by atoms with van der Waals surface area (Å²) in [6.45, 7) is 3.34. The normalized spacial score (nSPS) is 16.9. The van der Waals surface area contributed by atoms with Crippen molar-refractivity contribution >= 4 is 39.8 Å². The molecule has 3 aromatic rings. The topological polar surface area (TPSA) is 61.4 Å². The van der Waals surface area contributed by atoms with Gasteiger partial charge in [-0.25, -0.2) is 0 Å². The number of rotatable bonds is 4. The number of nitrogens with zero attached hydrogens (tertiary/aromatic N) is 4. The average Bonchev–Trinajstić information content (AvgIpc) is 3.57. The Labute approximate surface area is 174 Å². The van der Waals surface area contributed by atoms with Crippen LogP contribution in [0.25, 0.3) is 10.8 Å². The lowest BCUT2D eigenvalue weighted by Gasteiger charge is -2.37. The molecule has 29 heavy (non-hydrogen) atoms. The number of piperazine rings is 1. The number of fused-ring (bicyclic) bond motifs is 1. The zero-order valence-electron chi connectivity index (χ0n) is 16.0. The predicted octanol–water partition coefficient (Wildman–Crippen LogP) is 3.50. The molecule has 5 rings (SSSR count). The highest BCUT2D eigenvalue weighted by atomic mass is 35.5. The van der Waals surface area contributed by atoms with Gasteiger partial charge in [-0.1, -0.05) is 48.0 Å². The van der Waals surface area contributed by atoms with Crippen molar-refractivity contribution in [1.82, 2.24) is 15.5 Å². The van der Waals surface area contributed by atoms with Crippen LogP contribution in [0.15, 0.2) is 48.5 Å². The fraction of sp³-hybridized carbons (Fsp3) is 0.318. The lowest BCUT2D eigenvalue weighted by atomic mass is 10.1. The van der Waals surface area contributed by atoms with Gasteiger partial charge in [-0.3, -0.25) is 4.79 Å². The van der Waals surface area contributed by atoms with Crippen molar-refractivity contribution in [2.24, 2.45) is 0 Å². The van der Waals surface area contributed by atoms with E-state index in [0.29, 0.717) is 11.7 Å². The summed E-state index contributed by atoms with van der Waals surface area (Å²) in [5, 5.41) is 14.4. The molecule has 1 N–H and O–H groups in total. The maximum absolute atomic E-state index is 12.6. The van der Waals surface area contributed by atoms with Crippen LogP contribution < -0.4 is 15.1 Å². The largest absolute Gasteiger partial charge is 0.367 e. The fourth-order valence-corrected chi connectivity index (χ4v) is 4.10. The van der Waals surface area contributed by atoms with Crippen molar-refractivity contribution < 1.29 is 4.79 Å². The molecule has 7 heteroatoms. The highest BCUT2D eigenvalue weighted by Crippen LogP contribution is 2.30. The SMILES string of the molecule is O=C(NC1CC1)c1nnc(N2CCN(c3ccccc3Cl)CC2)c2ccccc12. The summed E-state index contributed by atoms with van der Waals surface area (Å²) >= 11 is 6.36. The molecule has 2 heterocycles. The monoisotopic (exact) mass is 407 g/mol. The molecule has 0 radical (unpaired) electrons. The van der Waals surface area contributed by atoms with E-state index in [-0.39, 0.29) is 5.91 Å². The molecule has 1 saturated heterocycles. The van der Waals surface area contributed by atoms with Crippen LogP contribution in [0.1, 0.15) is 23.3 Å². The molecule has 6 nitrogen and oxygen atoms in total. The molecular weight excluding hydrogens is 386 g/mol. The third-order valence-electron chi connectivity index (χ3n) is 5.57. The van der Waals surface area contributed by atoms with Crippen molar-refractivity contribution in [3.63, 3.8) is 0 Å². The average molecular weight is 408 g/mol. The number of amides is 1. The Morgan fingerprint density at radius 2 is 1.55 bits per heavy atom. The summed E-state index contributed by atoms with van der Waals surface area (Å²) in [4.78, 5) is 17.1. The van der Waals surface area contributed by atoms with Gasteiger partial charge in [0.1, 0.15) is 0 Å². The second kappa shape index (κ2) is 7.52. The Balaban J connectivity index is 1.40. The summed E-state index contributed by atoms with van der Waals surface area (Å²) in [7, 11) is 0. The van der Waals surface area contributed by atoms with E-state index in [9.17, 15) is 4.79 Å². The van der Waals surface area contributed by atoms with E-state index < -0.39 is 0 Å². The number of aromatic nitrogens is 2. The Morgan fingerprint density at radius 1 is 0.897 bits per heavy atom. The van der Waals surface area contributed by atoms with Gasteiger partial charge < -0.3 is 15.1 Å². The molecule has 2 aliphatic rings. The van der Waals surface area contributed by atoms with Crippen LogP contribution in [0.3, 0.4) is 0 Å². The highest BCUT2D eigenvalue weighted by Gasteiger charge is 2.27. The first-order chi connectivity index (χ1) is 14.2. The molecule has 1 saturated carbocycles. The number of hydrogen-bond acceptors (Lipinski definition) is 5. The molecule has 2 aromatic carbocycles. The van der Waals surface area contributed by atoms with Gasteiger partial charge in [0.05, 0.1) is 10.7 Å². The molecule has 148 valence electrons. The summed E-state index contributed by atoms with van der Waals surface area (Å²) in [6.07, 6.45) is 2.09. The van der Waals surface area contributed by atoms with Crippen LogP contribution in [0.5, 0.6) is 0 Å². The minimum atomic E-state index is -0.133. The van der Waals surface area contributed by atoms with Crippen LogP contribution >= 0.6 is 11.6 Å². The Bertz CT molecular complexity index is 1060. The van der Waals surface area contributed by atoms with Crippen LogP contribution in [0, 0.1) is 0 Å². The first-order valence-corrected chi connectivity index (χ1v) is 10.4. The number of hydrogen-bond donors (Lipinski definition) is 1. The van der Waals surface area contributed by atoms with Gasteiger partial charge in [-0.2, -0.15) is 0 Å². The minimum absolute atomic E-state index is 0.133. The van der Waals surface area contributed by atoms with E-state index in [0.717, 1.165) is 66.3 Å². The molecule has 2 fully saturated rings. The van der Waals surface area contributed by atoms with Crippen LogP contribution in [0.4, 0.5) is 11.5 Å². The second-order valence-corrected chi connectivity index (χ2v) is 8.00. The zero-order valence-corrected chi connectivity index (χ0v) is 16.8. The summed E-state index contributed by atoms with van der Waals surface area (Å²) < 4.78 is 0. The molecule has 0 unspecified atom stereocenters. The van der Waals surface area contributed by atoms with E-state index >= 15 is 0 Å². The van der Waals surface area contributed by atoms with E-state index in [1.807, 2.05) is 42.5 Å². The molecule has 0 spiro atoms. The van der Waals surface area contributed by atoms with E-state index in [2.05, 4.69) is 31.4 Å². The van der Waals surface area contributed by atoms with Gasteiger partial charge in [-0.15, -0.1) is 10.2 Å². The van der Waals surface area contributed by atoms with E-state index in [4.69, 9.17) is 11.6 Å². The standard InChI is InChI=1S/C22H22ClN5O/c23-18-7-3-4-8-19(18)27-11-13-28(14-12-27)21-17-6-2-1-5-16(17)20(25-26-21)22(29)24-15-9-10-15/h1-8,15H,9-14H2,(H,24,29). The van der Waals surface area contributed by atoms with E-state index in [1.54, 1.807) is 0 Å². The van der Waals surface area contributed by atoms with Crippen molar-refractivity contribution in [3.05, 3.63) is 59.2 Å². The smallest absolute Gasteiger partial charge is 0.272 e. The number of anilines is 2. The van der Waals surface area contributed by atoms with E-state index in [1.165, 1.54) is 0 Å². The lowest BCUT2D eigenvalue weighted by molar-refractivity contribution is 0.0947. The second-order valence-electron chi connectivity index (χ2n) is 7.59. The molecule has 1 aromatic heterocycles. The fourth-order valence-electron chi connectivity index (χ4n) is 3.84. The van der Waals surface area contributed by atoms with Crippen molar-refractivity contribution in [3.8, 4) is 0 Å². The number of nitrogens with one attached hydrogen (secondary N) is 1. The minimum Gasteiger partial charge on any atom is -0.367 e. The molecule has 0 bridgehead atoms.